The molecule has 0 bridgehead atoms. The number of likely N-dealkylation sites (N-methyl/N-ethyl adjacent to an activating group) is 2. The molecule has 2 unspecified atom stereocenters. The second kappa shape index (κ2) is 6.37. The van der Waals surface area contributed by atoms with Crippen LogP contribution in [0.3, 0.4) is 0 Å². The second-order valence-corrected chi connectivity index (χ2v) is 4.25. The van der Waals surface area contributed by atoms with Gasteiger partial charge in [0.15, 0.2) is 0 Å². The number of benzene rings is 1. The molecule has 2 N–H and O–H groups in total. The van der Waals surface area contributed by atoms with Crippen LogP contribution < -0.4 is 10.1 Å². The first kappa shape index (κ1) is 14.5. The van der Waals surface area contributed by atoms with E-state index in [9.17, 15) is 9.90 Å². The molecule has 5 heteroatoms. The predicted octanol–water partition coefficient (Wildman–Crippen LogP) is 0.970. The Kier molecular flexibility index (Phi) is 5.12. The molecule has 18 heavy (non-hydrogen) atoms. The van der Waals surface area contributed by atoms with E-state index in [1.165, 1.54) is 0 Å². The lowest BCUT2D eigenvalue weighted by molar-refractivity contribution is -0.141. The van der Waals surface area contributed by atoms with E-state index in [1.54, 1.807) is 14.2 Å². The number of carbonyl (C=O) groups is 1. The molecule has 1 aromatic rings. The van der Waals surface area contributed by atoms with Gasteiger partial charge in [-0.2, -0.15) is 0 Å². The topological polar surface area (TPSA) is 61.8 Å². The van der Waals surface area contributed by atoms with Gasteiger partial charge in [0, 0.05) is 5.56 Å². The van der Waals surface area contributed by atoms with E-state index in [0.29, 0.717) is 5.75 Å². The molecule has 0 aliphatic carbocycles. The quantitative estimate of drug-likeness (QED) is 0.790. The molecule has 0 aliphatic rings. The monoisotopic (exact) mass is 252 g/mol. The van der Waals surface area contributed by atoms with Gasteiger partial charge >= 0.3 is 5.97 Å². The minimum Gasteiger partial charge on any atom is -0.496 e. The van der Waals surface area contributed by atoms with Gasteiger partial charge in [-0.05, 0) is 27.2 Å². The highest BCUT2D eigenvalue weighted by Gasteiger charge is 2.31. The van der Waals surface area contributed by atoms with E-state index >= 15 is 0 Å². The molecule has 2 atom stereocenters. The van der Waals surface area contributed by atoms with Crippen LogP contribution in [0.4, 0.5) is 0 Å². The van der Waals surface area contributed by atoms with Crippen molar-refractivity contribution < 1.29 is 14.6 Å². The zero-order valence-electron chi connectivity index (χ0n) is 11.2. The Morgan fingerprint density at radius 3 is 2.44 bits per heavy atom. The Morgan fingerprint density at radius 2 is 2.00 bits per heavy atom. The zero-order valence-corrected chi connectivity index (χ0v) is 11.2. The van der Waals surface area contributed by atoms with E-state index in [2.05, 4.69) is 5.32 Å². The highest BCUT2D eigenvalue weighted by Crippen LogP contribution is 2.30. The lowest BCUT2D eigenvalue weighted by Gasteiger charge is -2.31. The fourth-order valence-corrected chi connectivity index (χ4v) is 2.08. The van der Waals surface area contributed by atoms with E-state index in [1.807, 2.05) is 43.3 Å². The number of nitrogens with zero attached hydrogens (tertiary/aromatic N) is 1. The summed E-state index contributed by atoms with van der Waals surface area (Å²) < 4.78 is 5.30. The number of para-hydroxylation sites is 1. The molecule has 0 radical (unpaired) electrons. The summed E-state index contributed by atoms with van der Waals surface area (Å²) in [5.41, 5.74) is 0.853. The van der Waals surface area contributed by atoms with Gasteiger partial charge in [0.25, 0.3) is 0 Å². The molecule has 0 aliphatic heterocycles. The van der Waals surface area contributed by atoms with Gasteiger partial charge in [-0.1, -0.05) is 18.2 Å². The first-order chi connectivity index (χ1) is 8.52. The van der Waals surface area contributed by atoms with Gasteiger partial charge in [-0.3, -0.25) is 4.79 Å². The summed E-state index contributed by atoms with van der Waals surface area (Å²) >= 11 is 0. The number of aliphatic carboxylic acids is 1. The van der Waals surface area contributed by atoms with Crippen LogP contribution in [0.5, 0.6) is 5.75 Å². The minimum absolute atomic E-state index is 0.302. The van der Waals surface area contributed by atoms with Gasteiger partial charge in [0.2, 0.25) is 0 Å². The van der Waals surface area contributed by atoms with E-state index in [-0.39, 0.29) is 6.04 Å². The number of carboxylic acid groups (broad SMARTS) is 1. The van der Waals surface area contributed by atoms with Gasteiger partial charge in [-0.15, -0.1) is 0 Å². The summed E-state index contributed by atoms with van der Waals surface area (Å²) in [6.45, 7) is 0. The number of ether oxygens (including phenoxy) is 1. The number of rotatable bonds is 6. The Balaban J connectivity index is 3.23. The fourth-order valence-electron chi connectivity index (χ4n) is 2.08. The van der Waals surface area contributed by atoms with Crippen LogP contribution in [0, 0.1) is 0 Å². The number of nitrogens with one attached hydrogen (secondary N) is 1. The van der Waals surface area contributed by atoms with Crippen molar-refractivity contribution in [3.8, 4) is 5.75 Å². The largest absolute Gasteiger partial charge is 0.496 e. The predicted molar refractivity (Wildman–Crippen MR) is 69.9 cm³/mol. The van der Waals surface area contributed by atoms with Crippen molar-refractivity contribution in [3.63, 3.8) is 0 Å². The van der Waals surface area contributed by atoms with Gasteiger partial charge < -0.3 is 20.1 Å². The van der Waals surface area contributed by atoms with Crippen molar-refractivity contribution in [2.24, 2.45) is 0 Å². The molecule has 0 heterocycles. The SMILES string of the molecule is CNC(C(=O)O)C(c1ccccc1OC)N(C)C. The fraction of sp³-hybridized carbons (Fsp3) is 0.462. The number of carboxylic acids is 1. The second-order valence-electron chi connectivity index (χ2n) is 4.25. The first-order valence-corrected chi connectivity index (χ1v) is 5.72. The molecule has 0 spiro atoms. The standard InChI is InChI=1S/C13H20N2O3/c1-14-11(13(16)17)12(15(2)3)9-7-5-6-8-10(9)18-4/h5-8,11-12,14H,1-4H3,(H,16,17). The summed E-state index contributed by atoms with van der Waals surface area (Å²) in [6.07, 6.45) is 0. The van der Waals surface area contributed by atoms with Crippen LogP contribution in [0.2, 0.25) is 0 Å². The molecular formula is C13H20N2O3. The lowest BCUT2D eigenvalue weighted by Crippen LogP contribution is -2.45. The molecular weight excluding hydrogens is 232 g/mol. The van der Waals surface area contributed by atoms with Crippen molar-refractivity contribution in [3.05, 3.63) is 29.8 Å². The normalized spacial score (nSPS) is 14.3. The smallest absolute Gasteiger partial charge is 0.322 e. The molecule has 1 aromatic carbocycles. The molecule has 1 rings (SSSR count). The number of methoxy groups -OCH3 is 1. The summed E-state index contributed by atoms with van der Waals surface area (Å²) in [5, 5.41) is 12.1. The third-order valence-electron chi connectivity index (χ3n) is 2.91. The van der Waals surface area contributed by atoms with Crippen molar-refractivity contribution in [2.45, 2.75) is 12.1 Å². The summed E-state index contributed by atoms with van der Waals surface area (Å²) in [4.78, 5) is 13.2. The molecule has 5 nitrogen and oxygen atoms in total. The summed E-state index contributed by atoms with van der Waals surface area (Å²) in [7, 11) is 6.93. The molecule has 0 amide bonds. The van der Waals surface area contributed by atoms with E-state index in [0.717, 1.165) is 5.56 Å². The Morgan fingerprint density at radius 1 is 1.39 bits per heavy atom. The molecule has 0 saturated heterocycles. The van der Waals surface area contributed by atoms with Crippen LogP contribution in [-0.2, 0) is 4.79 Å². The van der Waals surface area contributed by atoms with Crippen molar-refractivity contribution in [2.75, 3.05) is 28.3 Å². The molecule has 0 fully saturated rings. The summed E-state index contributed by atoms with van der Waals surface area (Å²) in [6, 6.07) is 6.46. The number of hydrogen-bond acceptors (Lipinski definition) is 4. The van der Waals surface area contributed by atoms with Gasteiger partial charge in [-0.25, -0.2) is 0 Å². The maximum absolute atomic E-state index is 11.3. The highest BCUT2D eigenvalue weighted by molar-refractivity contribution is 5.75. The Bertz CT molecular complexity index is 407. The van der Waals surface area contributed by atoms with Crippen LogP contribution in [0.15, 0.2) is 24.3 Å². The molecule has 0 aromatic heterocycles. The van der Waals surface area contributed by atoms with Crippen molar-refractivity contribution >= 4 is 5.97 Å². The van der Waals surface area contributed by atoms with Gasteiger partial charge in [0.1, 0.15) is 11.8 Å². The average molecular weight is 252 g/mol. The molecule has 100 valence electrons. The third kappa shape index (κ3) is 3.00. The van der Waals surface area contributed by atoms with Gasteiger partial charge in [0.05, 0.1) is 13.2 Å². The maximum atomic E-state index is 11.3. The zero-order chi connectivity index (χ0) is 13.7. The van der Waals surface area contributed by atoms with Crippen molar-refractivity contribution in [1.29, 1.82) is 0 Å². The lowest BCUT2D eigenvalue weighted by atomic mass is 9.97. The minimum atomic E-state index is -0.887. The molecule has 0 saturated carbocycles. The van der Waals surface area contributed by atoms with Crippen LogP contribution >= 0.6 is 0 Å². The maximum Gasteiger partial charge on any atom is 0.322 e. The number of hydrogen-bond donors (Lipinski definition) is 2. The third-order valence-corrected chi connectivity index (χ3v) is 2.91. The highest BCUT2D eigenvalue weighted by atomic mass is 16.5. The average Bonchev–Trinajstić information content (AvgIpc) is 2.34. The summed E-state index contributed by atoms with van der Waals surface area (Å²) in [5.74, 6) is -0.195. The van der Waals surface area contributed by atoms with Crippen LogP contribution in [-0.4, -0.2) is 50.3 Å². The van der Waals surface area contributed by atoms with Crippen molar-refractivity contribution in [1.82, 2.24) is 10.2 Å². The van der Waals surface area contributed by atoms with Crippen LogP contribution in [0.1, 0.15) is 11.6 Å². The van der Waals surface area contributed by atoms with E-state index < -0.39 is 12.0 Å². The Labute approximate surface area is 107 Å². The Hall–Kier alpha value is -1.59. The first-order valence-electron chi connectivity index (χ1n) is 5.72. The van der Waals surface area contributed by atoms with E-state index in [4.69, 9.17) is 4.74 Å². The van der Waals surface area contributed by atoms with Crippen LogP contribution in [0.25, 0.3) is 0 Å².